The molecule has 5 rings (SSSR count). The van der Waals surface area contributed by atoms with E-state index in [0.29, 0.717) is 10.5 Å². The molecular formula is C20H14N4O2S. The molecule has 6 nitrogen and oxygen atoms in total. The lowest BCUT2D eigenvalue weighted by Gasteiger charge is -1.99. The van der Waals surface area contributed by atoms with Crippen LogP contribution in [0, 0.1) is 6.92 Å². The number of anilines is 1. The van der Waals surface area contributed by atoms with Crippen molar-refractivity contribution in [3.63, 3.8) is 0 Å². The Hall–Kier alpha value is -3.45. The van der Waals surface area contributed by atoms with Crippen molar-refractivity contribution in [2.45, 2.75) is 6.92 Å². The van der Waals surface area contributed by atoms with Gasteiger partial charge in [0.1, 0.15) is 5.58 Å². The largest absolute Gasteiger partial charge is 0.451 e. The van der Waals surface area contributed by atoms with E-state index >= 15 is 0 Å². The minimum absolute atomic E-state index is 0.254. The van der Waals surface area contributed by atoms with Crippen LogP contribution in [0.15, 0.2) is 64.4 Å². The number of hydrogen-bond donors (Lipinski definition) is 1. The van der Waals surface area contributed by atoms with Crippen molar-refractivity contribution in [3.05, 3.63) is 71.3 Å². The van der Waals surface area contributed by atoms with E-state index in [9.17, 15) is 4.79 Å². The van der Waals surface area contributed by atoms with Gasteiger partial charge in [0.05, 0.1) is 5.69 Å². The SMILES string of the molecule is Cc1c(C(=O)Nc2nc3scc(-c4ccccc4)n3n2)oc2ccccc12. The van der Waals surface area contributed by atoms with E-state index in [1.54, 1.807) is 4.52 Å². The summed E-state index contributed by atoms with van der Waals surface area (Å²) in [6, 6.07) is 17.5. The number of nitrogens with zero attached hydrogens (tertiary/aromatic N) is 3. The van der Waals surface area contributed by atoms with Crippen molar-refractivity contribution >= 4 is 39.1 Å². The molecule has 0 spiro atoms. The Balaban J connectivity index is 1.48. The van der Waals surface area contributed by atoms with Crippen LogP contribution < -0.4 is 5.32 Å². The van der Waals surface area contributed by atoms with Crippen LogP contribution in [0.25, 0.3) is 27.2 Å². The number of amides is 1. The first kappa shape index (κ1) is 15.8. The van der Waals surface area contributed by atoms with E-state index < -0.39 is 0 Å². The van der Waals surface area contributed by atoms with Gasteiger partial charge in [0.25, 0.3) is 11.9 Å². The van der Waals surface area contributed by atoms with Crippen LogP contribution in [-0.2, 0) is 0 Å². The molecule has 5 aromatic rings. The highest BCUT2D eigenvalue weighted by Crippen LogP contribution is 2.27. The standard InChI is InChI=1S/C20H14N4O2S/c1-12-14-9-5-6-10-16(14)26-17(12)18(25)21-19-22-20-24(23-19)15(11-27-20)13-7-3-2-4-8-13/h2-11H,1H3,(H,21,23,25). The fraction of sp³-hybridized carbons (Fsp3) is 0.0500. The van der Waals surface area contributed by atoms with Crippen molar-refractivity contribution in [3.8, 4) is 11.3 Å². The quantitative estimate of drug-likeness (QED) is 0.494. The Morgan fingerprint density at radius 3 is 2.70 bits per heavy atom. The van der Waals surface area contributed by atoms with E-state index in [1.165, 1.54) is 11.3 Å². The molecule has 132 valence electrons. The number of rotatable bonds is 3. The summed E-state index contributed by atoms with van der Waals surface area (Å²) in [5.74, 6) is 0.171. The van der Waals surface area contributed by atoms with Crippen LogP contribution in [0.3, 0.4) is 0 Å². The maximum absolute atomic E-state index is 12.7. The lowest BCUT2D eigenvalue weighted by Crippen LogP contribution is -2.13. The van der Waals surface area contributed by atoms with Gasteiger partial charge in [-0.25, -0.2) is 4.52 Å². The van der Waals surface area contributed by atoms with Crippen molar-refractivity contribution in [1.82, 2.24) is 14.6 Å². The van der Waals surface area contributed by atoms with Crippen LogP contribution in [-0.4, -0.2) is 20.5 Å². The molecular weight excluding hydrogens is 360 g/mol. The summed E-state index contributed by atoms with van der Waals surface area (Å²) in [5, 5.41) is 10.1. The van der Waals surface area contributed by atoms with Crippen molar-refractivity contribution in [2.75, 3.05) is 5.32 Å². The maximum atomic E-state index is 12.7. The van der Waals surface area contributed by atoms with Gasteiger partial charge in [0, 0.05) is 21.9 Å². The zero-order valence-electron chi connectivity index (χ0n) is 14.3. The molecule has 1 N–H and O–H groups in total. The maximum Gasteiger partial charge on any atom is 0.294 e. The molecule has 0 saturated heterocycles. The number of carbonyl (C=O) groups is 1. The monoisotopic (exact) mass is 374 g/mol. The zero-order valence-corrected chi connectivity index (χ0v) is 15.2. The molecule has 27 heavy (non-hydrogen) atoms. The molecule has 0 radical (unpaired) electrons. The van der Waals surface area contributed by atoms with Gasteiger partial charge in [-0.1, -0.05) is 48.5 Å². The summed E-state index contributed by atoms with van der Waals surface area (Å²) in [5.41, 5.74) is 3.46. The number of fused-ring (bicyclic) bond motifs is 2. The van der Waals surface area contributed by atoms with Gasteiger partial charge in [-0.05, 0) is 13.0 Å². The third-order valence-electron chi connectivity index (χ3n) is 4.43. The molecule has 0 aliphatic carbocycles. The van der Waals surface area contributed by atoms with Gasteiger partial charge in [-0.3, -0.25) is 10.1 Å². The summed E-state index contributed by atoms with van der Waals surface area (Å²) >= 11 is 1.47. The summed E-state index contributed by atoms with van der Waals surface area (Å²) in [7, 11) is 0. The molecule has 0 atom stereocenters. The summed E-state index contributed by atoms with van der Waals surface area (Å²) < 4.78 is 7.45. The Kier molecular flexibility index (Phi) is 3.54. The third kappa shape index (κ3) is 2.60. The Bertz CT molecular complexity index is 1280. The zero-order chi connectivity index (χ0) is 18.4. The van der Waals surface area contributed by atoms with Gasteiger partial charge < -0.3 is 4.42 Å². The number of para-hydroxylation sites is 1. The fourth-order valence-electron chi connectivity index (χ4n) is 3.09. The van der Waals surface area contributed by atoms with Gasteiger partial charge in [0.2, 0.25) is 4.96 Å². The van der Waals surface area contributed by atoms with Crippen LogP contribution in [0.4, 0.5) is 5.95 Å². The summed E-state index contributed by atoms with van der Waals surface area (Å²) in [6.07, 6.45) is 0. The molecule has 2 aromatic carbocycles. The minimum Gasteiger partial charge on any atom is -0.451 e. The third-order valence-corrected chi connectivity index (χ3v) is 5.24. The van der Waals surface area contributed by atoms with Gasteiger partial charge in [0.15, 0.2) is 5.76 Å². The second-order valence-electron chi connectivity index (χ2n) is 6.12. The van der Waals surface area contributed by atoms with E-state index in [4.69, 9.17) is 4.42 Å². The molecule has 1 amide bonds. The van der Waals surface area contributed by atoms with E-state index in [2.05, 4.69) is 15.4 Å². The number of aromatic nitrogens is 3. The van der Waals surface area contributed by atoms with Gasteiger partial charge >= 0.3 is 0 Å². The van der Waals surface area contributed by atoms with Crippen molar-refractivity contribution in [2.24, 2.45) is 0 Å². The summed E-state index contributed by atoms with van der Waals surface area (Å²) in [6.45, 7) is 1.87. The molecule has 7 heteroatoms. The Morgan fingerprint density at radius 2 is 1.89 bits per heavy atom. The minimum atomic E-state index is -0.358. The topological polar surface area (TPSA) is 72.4 Å². The molecule has 0 unspecified atom stereocenters. The first-order valence-corrected chi connectivity index (χ1v) is 9.28. The predicted molar refractivity (Wildman–Crippen MR) is 105 cm³/mol. The summed E-state index contributed by atoms with van der Waals surface area (Å²) in [4.78, 5) is 17.8. The highest BCUT2D eigenvalue weighted by molar-refractivity contribution is 7.15. The van der Waals surface area contributed by atoms with E-state index in [1.807, 2.05) is 66.9 Å². The molecule has 0 aliphatic heterocycles. The molecule has 0 saturated carbocycles. The smallest absolute Gasteiger partial charge is 0.294 e. The van der Waals surface area contributed by atoms with Crippen LogP contribution >= 0.6 is 11.3 Å². The fourth-order valence-corrected chi connectivity index (χ4v) is 3.92. The molecule has 3 heterocycles. The number of hydrogen-bond acceptors (Lipinski definition) is 5. The van der Waals surface area contributed by atoms with E-state index in [0.717, 1.165) is 22.2 Å². The molecule has 0 aliphatic rings. The van der Waals surface area contributed by atoms with Gasteiger partial charge in [-0.2, -0.15) is 4.98 Å². The second-order valence-corrected chi connectivity index (χ2v) is 6.96. The Labute approximate surface area is 158 Å². The van der Waals surface area contributed by atoms with Crippen LogP contribution in [0.2, 0.25) is 0 Å². The van der Waals surface area contributed by atoms with Crippen LogP contribution in [0.1, 0.15) is 16.1 Å². The number of furan rings is 1. The van der Waals surface area contributed by atoms with Gasteiger partial charge in [-0.15, -0.1) is 16.4 Å². The lowest BCUT2D eigenvalue weighted by atomic mass is 10.1. The highest BCUT2D eigenvalue weighted by Gasteiger charge is 2.20. The number of carbonyl (C=O) groups excluding carboxylic acids is 1. The van der Waals surface area contributed by atoms with Crippen molar-refractivity contribution in [1.29, 1.82) is 0 Å². The van der Waals surface area contributed by atoms with Crippen molar-refractivity contribution < 1.29 is 9.21 Å². The number of aryl methyl sites for hydroxylation is 1. The molecule has 0 fully saturated rings. The Morgan fingerprint density at radius 1 is 1.11 bits per heavy atom. The predicted octanol–water partition coefficient (Wildman–Crippen LogP) is 4.76. The number of nitrogens with one attached hydrogen (secondary N) is 1. The average molecular weight is 374 g/mol. The first-order valence-electron chi connectivity index (χ1n) is 8.40. The highest BCUT2D eigenvalue weighted by atomic mass is 32.1. The first-order chi connectivity index (χ1) is 13.2. The molecule has 3 aromatic heterocycles. The lowest BCUT2D eigenvalue weighted by molar-refractivity contribution is 0.0997. The average Bonchev–Trinajstić information content (AvgIpc) is 3.35. The van der Waals surface area contributed by atoms with Crippen LogP contribution in [0.5, 0.6) is 0 Å². The second kappa shape index (κ2) is 6.07. The normalized spacial score (nSPS) is 11.3. The molecule has 0 bridgehead atoms. The number of thiazole rings is 1. The number of benzene rings is 2. The van der Waals surface area contributed by atoms with E-state index in [-0.39, 0.29) is 17.6 Å².